The van der Waals surface area contributed by atoms with E-state index in [0.29, 0.717) is 0 Å². The topological polar surface area (TPSA) is 43.7 Å². The number of morpholine rings is 1. The molecule has 0 bridgehead atoms. The normalized spacial score (nSPS) is 14.6. The molecule has 170 valence electrons. The van der Waals surface area contributed by atoms with E-state index < -0.39 is 0 Å². The van der Waals surface area contributed by atoms with Crippen molar-refractivity contribution < 1.29 is 14.3 Å². The second kappa shape index (κ2) is 9.51. The number of hydrogen-bond acceptors (Lipinski definition) is 5. The predicted molar refractivity (Wildman–Crippen MR) is 134 cm³/mol. The minimum Gasteiger partial charge on any atom is -0.497 e. The van der Waals surface area contributed by atoms with Crippen LogP contribution in [0, 0.1) is 6.92 Å². The molecule has 0 saturated carbocycles. The van der Waals surface area contributed by atoms with E-state index in [-0.39, 0.29) is 5.78 Å². The molecule has 33 heavy (non-hydrogen) atoms. The summed E-state index contributed by atoms with van der Waals surface area (Å²) in [6.07, 6.45) is 0. The zero-order chi connectivity index (χ0) is 22.8. The van der Waals surface area contributed by atoms with Gasteiger partial charge in [0, 0.05) is 42.8 Å². The average molecular weight is 461 g/mol. The number of ketones is 1. The molecule has 0 aliphatic carbocycles. The number of carbonyl (C=O) groups excluding carboxylic acids is 1. The number of rotatable bonds is 7. The second-order valence-corrected chi connectivity index (χ2v) is 9.20. The van der Waals surface area contributed by atoms with Gasteiger partial charge in [-0.2, -0.15) is 0 Å². The third kappa shape index (κ3) is 4.22. The van der Waals surface area contributed by atoms with Crippen LogP contribution < -0.4 is 4.74 Å². The average Bonchev–Trinajstić information content (AvgIpc) is 3.43. The Morgan fingerprint density at radius 3 is 2.55 bits per heavy atom. The van der Waals surface area contributed by atoms with Crippen LogP contribution in [0.3, 0.4) is 0 Å². The lowest BCUT2D eigenvalue weighted by Crippen LogP contribution is -2.38. The molecule has 1 aliphatic rings. The fourth-order valence-corrected chi connectivity index (χ4v) is 5.63. The van der Waals surface area contributed by atoms with Crippen molar-refractivity contribution >= 4 is 27.3 Å². The number of nitrogens with zero attached hydrogens (tertiary/aromatic N) is 2. The van der Waals surface area contributed by atoms with Gasteiger partial charge in [0.2, 0.25) is 0 Å². The Morgan fingerprint density at radius 2 is 1.79 bits per heavy atom. The Bertz CT molecular complexity index is 1270. The van der Waals surface area contributed by atoms with Crippen LogP contribution >= 0.6 is 11.3 Å². The van der Waals surface area contributed by atoms with Gasteiger partial charge >= 0.3 is 0 Å². The van der Waals surface area contributed by atoms with Crippen molar-refractivity contribution in [3.8, 4) is 16.9 Å². The minimum absolute atomic E-state index is 0.0763. The highest BCUT2D eigenvalue weighted by Gasteiger charge is 2.24. The van der Waals surface area contributed by atoms with E-state index in [1.165, 1.54) is 4.83 Å². The highest BCUT2D eigenvalue weighted by Crippen LogP contribution is 2.34. The number of thiophene rings is 1. The maximum atomic E-state index is 14.0. The molecule has 2 aromatic carbocycles. The van der Waals surface area contributed by atoms with Crippen LogP contribution in [0.5, 0.6) is 5.75 Å². The number of ether oxygens (including phenoxy) is 2. The summed E-state index contributed by atoms with van der Waals surface area (Å²) in [5, 5.41) is 3.13. The van der Waals surface area contributed by atoms with Crippen molar-refractivity contribution in [2.24, 2.45) is 0 Å². The van der Waals surface area contributed by atoms with E-state index in [2.05, 4.69) is 27.8 Å². The van der Waals surface area contributed by atoms with Gasteiger partial charge in [0.25, 0.3) is 0 Å². The number of carbonyl (C=O) groups is 1. The Labute approximate surface area is 198 Å². The lowest BCUT2D eigenvalue weighted by molar-refractivity contribution is 0.0365. The van der Waals surface area contributed by atoms with Gasteiger partial charge < -0.3 is 14.0 Å². The molecule has 4 aromatic rings. The lowest BCUT2D eigenvalue weighted by Gasteiger charge is -2.26. The van der Waals surface area contributed by atoms with Crippen LogP contribution in [-0.4, -0.2) is 55.2 Å². The molecular formula is C27H28N2O3S. The Kier molecular flexibility index (Phi) is 6.31. The number of fused-ring (bicyclic) bond motifs is 1. The molecule has 0 spiro atoms. The number of hydrogen-bond donors (Lipinski definition) is 0. The molecule has 0 amide bonds. The van der Waals surface area contributed by atoms with Gasteiger partial charge in [0.15, 0.2) is 5.78 Å². The Balaban J connectivity index is 1.50. The lowest BCUT2D eigenvalue weighted by atomic mass is 9.93. The van der Waals surface area contributed by atoms with Gasteiger partial charge in [-0.25, -0.2) is 0 Å². The summed E-state index contributed by atoms with van der Waals surface area (Å²) in [6, 6.07) is 17.8. The van der Waals surface area contributed by atoms with Crippen LogP contribution in [0.15, 0.2) is 60.0 Å². The maximum Gasteiger partial charge on any atom is 0.196 e. The van der Waals surface area contributed by atoms with E-state index in [4.69, 9.17) is 9.47 Å². The molecule has 0 N–H and O–H groups in total. The third-order valence-corrected chi connectivity index (χ3v) is 7.40. The van der Waals surface area contributed by atoms with Gasteiger partial charge in [-0.1, -0.05) is 36.4 Å². The summed E-state index contributed by atoms with van der Waals surface area (Å²) < 4.78 is 13.1. The van der Waals surface area contributed by atoms with E-state index >= 15 is 0 Å². The van der Waals surface area contributed by atoms with Crippen molar-refractivity contribution in [3.63, 3.8) is 0 Å². The highest BCUT2D eigenvalue weighted by molar-refractivity contribution is 7.16. The second-order valence-electron chi connectivity index (χ2n) is 8.31. The van der Waals surface area contributed by atoms with Crippen LogP contribution in [0.25, 0.3) is 21.3 Å². The Morgan fingerprint density at radius 1 is 1.03 bits per heavy atom. The summed E-state index contributed by atoms with van der Waals surface area (Å²) in [6.45, 7) is 7.44. The molecule has 0 unspecified atom stereocenters. The van der Waals surface area contributed by atoms with E-state index in [1.54, 1.807) is 18.4 Å². The molecule has 2 aromatic heterocycles. The number of benzene rings is 2. The number of aromatic nitrogens is 1. The summed E-state index contributed by atoms with van der Waals surface area (Å²) in [7, 11) is 1.66. The van der Waals surface area contributed by atoms with Crippen LogP contribution in [0.4, 0.5) is 0 Å². The molecule has 0 atom stereocenters. The zero-order valence-electron chi connectivity index (χ0n) is 19.0. The van der Waals surface area contributed by atoms with Gasteiger partial charge in [0.05, 0.1) is 25.9 Å². The quantitative estimate of drug-likeness (QED) is 0.353. The van der Waals surface area contributed by atoms with Gasteiger partial charge in [-0.3, -0.25) is 9.69 Å². The highest BCUT2D eigenvalue weighted by atomic mass is 32.1. The van der Waals surface area contributed by atoms with Crippen molar-refractivity contribution in [1.82, 2.24) is 9.47 Å². The van der Waals surface area contributed by atoms with Crippen molar-refractivity contribution in [1.29, 1.82) is 0 Å². The molecule has 1 fully saturated rings. The summed E-state index contributed by atoms with van der Waals surface area (Å²) >= 11 is 1.71. The fourth-order valence-electron chi connectivity index (χ4n) is 4.64. The van der Waals surface area contributed by atoms with E-state index in [0.717, 1.165) is 78.5 Å². The molecule has 1 aliphatic heterocycles. The summed E-state index contributed by atoms with van der Waals surface area (Å²) in [5.74, 6) is 0.878. The standard InChI is InChI=1S/C27H28N2O3S/c1-19-25(24-11-18-33-27(24)29(19)13-12-28-14-16-32-17-15-28)26(30)23-6-4-3-5-22(23)20-7-9-21(31-2)10-8-20/h3-11,18H,12-17H2,1-2H3. The molecule has 5 rings (SSSR count). The maximum absolute atomic E-state index is 14.0. The van der Waals surface area contributed by atoms with Crippen LogP contribution in [0.1, 0.15) is 21.6 Å². The molecule has 0 radical (unpaired) electrons. The molecule has 3 heterocycles. The monoisotopic (exact) mass is 460 g/mol. The van der Waals surface area contributed by atoms with Crippen LogP contribution in [-0.2, 0) is 11.3 Å². The largest absolute Gasteiger partial charge is 0.497 e. The van der Waals surface area contributed by atoms with Crippen molar-refractivity contribution in [2.75, 3.05) is 40.0 Å². The molecular weight excluding hydrogens is 432 g/mol. The Hall–Kier alpha value is -2.93. The first-order chi connectivity index (χ1) is 16.2. The molecule has 5 nitrogen and oxygen atoms in total. The van der Waals surface area contributed by atoms with Gasteiger partial charge in [-0.15, -0.1) is 11.3 Å². The van der Waals surface area contributed by atoms with E-state index in [9.17, 15) is 4.79 Å². The number of methoxy groups -OCH3 is 1. The van der Waals surface area contributed by atoms with Crippen LogP contribution in [0.2, 0.25) is 0 Å². The zero-order valence-corrected chi connectivity index (χ0v) is 19.9. The van der Waals surface area contributed by atoms with Crippen molar-refractivity contribution in [2.45, 2.75) is 13.5 Å². The first kappa shape index (κ1) is 21.9. The van der Waals surface area contributed by atoms with Gasteiger partial charge in [-0.05, 0) is 41.6 Å². The summed E-state index contributed by atoms with van der Waals surface area (Å²) in [5.41, 5.74) is 4.53. The van der Waals surface area contributed by atoms with Gasteiger partial charge in [0.1, 0.15) is 10.6 Å². The summed E-state index contributed by atoms with van der Waals surface area (Å²) in [4.78, 5) is 17.6. The molecule has 1 saturated heterocycles. The van der Waals surface area contributed by atoms with Crippen molar-refractivity contribution in [3.05, 3.63) is 76.8 Å². The SMILES string of the molecule is COc1ccc(-c2ccccc2C(=O)c2c(C)n(CCN3CCOCC3)c3sccc23)cc1. The van der Waals surface area contributed by atoms with E-state index in [1.807, 2.05) is 48.5 Å². The minimum atomic E-state index is 0.0763. The first-order valence-electron chi connectivity index (χ1n) is 11.3. The smallest absolute Gasteiger partial charge is 0.196 e. The predicted octanol–water partition coefficient (Wildman–Crippen LogP) is 5.25. The first-order valence-corrected chi connectivity index (χ1v) is 12.2. The fraction of sp³-hybridized carbons (Fsp3) is 0.296. The third-order valence-electron chi connectivity index (χ3n) is 6.47. The molecule has 6 heteroatoms.